The zero-order valence-corrected chi connectivity index (χ0v) is 8.53. The number of nitrogens with zero attached hydrogens (tertiary/aromatic N) is 3. The van der Waals surface area contributed by atoms with Crippen molar-refractivity contribution in [2.24, 2.45) is 5.73 Å². The highest BCUT2D eigenvalue weighted by atomic mass is 15.1. The van der Waals surface area contributed by atoms with Gasteiger partial charge in [0.1, 0.15) is 5.82 Å². The van der Waals surface area contributed by atoms with Crippen LogP contribution in [-0.4, -0.2) is 35.0 Å². The molecule has 0 radical (unpaired) electrons. The standard InChI is InChI=1S/C10H16N4/c1-14-4-2-8-7-12-10(6-11)13-9(8)3-5-14/h7H,2-6,11H2,1H3. The summed E-state index contributed by atoms with van der Waals surface area (Å²) in [6.07, 6.45) is 4.00. The minimum absolute atomic E-state index is 0.434. The largest absolute Gasteiger partial charge is 0.324 e. The van der Waals surface area contributed by atoms with Gasteiger partial charge in [0.05, 0.1) is 6.54 Å². The van der Waals surface area contributed by atoms with Crippen LogP contribution in [0.2, 0.25) is 0 Å². The predicted molar refractivity (Wildman–Crippen MR) is 54.8 cm³/mol. The number of aromatic nitrogens is 2. The lowest BCUT2D eigenvalue weighted by Crippen LogP contribution is -2.20. The molecule has 2 rings (SSSR count). The van der Waals surface area contributed by atoms with Crippen molar-refractivity contribution < 1.29 is 0 Å². The van der Waals surface area contributed by atoms with E-state index < -0.39 is 0 Å². The summed E-state index contributed by atoms with van der Waals surface area (Å²) >= 11 is 0. The molecule has 14 heavy (non-hydrogen) atoms. The quantitative estimate of drug-likeness (QED) is 0.678. The predicted octanol–water partition coefficient (Wildman–Crippen LogP) is -0.0343. The maximum absolute atomic E-state index is 5.51. The Balaban J connectivity index is 2.27. The molecule has 1 aliphatic rings. The molecule has 1 aromatic heterocycles. The van der Waals surface area contributed by atoms with Crippen molar-refractivity contribution in [2.75, 3.05) is 20.1 Å². The fourth-order valence-electron chi connectivity index (χ4n) is 1.73. The maximum atomic E-state index is 5.51. The van der Waals surface area contributed by atoms with E-state index in [2.05, 4.69) is 21.9 Å². The van der Waals surface area contributed by atoms with Gasteiger partial charge < -0.3 is 10.6 Å². The zero-order valence-electron chi connectivity index (χ0n) is 8.53. The second kappa shape index (κ2) is 4.02. The summed E-state index contributed by atoms with van der Waals surface area (Å²) < 4.78 is 0. The normalized spacial score (nSPS) is 17.6. The van der Waals surface area contributed by atoms with E-state index in [1.54, 1.807) is 0 Å². The molecule has 4 heteroatoms. The lowest BCUT2D eigenvalue weighted by Gasteiger charge is -2.10. The summed E-state index contributed by atoms with van der Waals surface area (Å²) in [4.78, 5) is 11.0. The van der Waals surface area contributed by atoms with E-state index in [4.69, 9.17) is 5.73 Å². The van der Waals surface area contributed by atoms with Crippen molar-refractivity contribution in [3.05, 3.63) is 23.3 Å². The van der Waals surface area contributed by atoms with E-state index in [1.807, 2.05) is 6.20 Å². The number of hydrogen-bond acceptors (Lipinski definition) is 4. The number of likely N-dealkylation sites (N-methyl/N-ethyl adjacent to an activating group) is 1. The van der Waals surface area contributed by atoms with Crippen LogP contribution < -0.4 is 5.73 Å². The highest BCUT2D eigenvalue weighted by Gasteiger charge is 2.12. The van der Waals surface area contributed by atoms with Gasteiger partial charge in [0, 0.05) is 31.4 Å². The first-order chi connectivity index (χ1) is 6.79. The van der Waals surface area contributed by atoms with Crippen LogP contribution in [-0.2, 0) is 19.4 Å². The van der Waals surface area contributed by atoms with Gasteiger partial charge in [0.15, 0.2) is 0 Å². The van der Waals surface area contributed by atoms with Crippen molar-refractivity contribution in [1.29, 1.82) is 0 Å². The fraction of sp³-hybridized carbons (Fsp3) is 0.600. The van der Waals surface area contributed by atoms with Gasteiger partial charge in [-0.25, -0.2) is 9.97 Å². The molecule has 0 saturated carbocycles. The van der Waals surface area contributed by atoms with Crippen LogP contribution in [0.1, 0.15) is 17.1 Å². The van der Waals surface area contributed by atoms with Crippen LogP contribution >= 0.6 is 0 Å². The topological polar surface area (TPSA) is 55.0 Å². The van der Waals surface area contributed by atoms with Crippen molar-refractivity contribution in [3.63, 3.8) is 0 Å². The second-order valence-corrected chi connectivity index (χ2v) is 3.77. The van der Waals surface area contributed by atoms with Crippen LogP contribution in [0.25, 0.3) is 0 Å². The molecule has 0 saturated heterocycles. The highest BCUT2D eigenvalue weighted by Crippen LogP contribution is 2.12. The van der Waals surface area contributed by atoms with E-state index >= 15 is 0 Å². The molecule has 0 aromatic carbocycles. The van der Waals surface area contributed by atoms with Crippen molar-refractivity contribution in [1.82, 2.24) is 14.9 Å². The maximum Gasteiger partial charge on any atom is 0.142 e. The molecule has 2 heterocycles. The summed E-state index contributed by atoms with van der Waals surface area (Å²) in [5, 5.41) is 0. The highest BCUT2D eigenvalue weighted by molar-refractivity contribution is 5.19. The van der Waals surface area contributed by atoms with E-state index in [0.717, 1.165) is 31.8 Å². The zero-order chi connectivity index (χ0) is 9.97. The van der Waals surface area contributed by atoms with Gasteiger partial charge in [0.2, 0.25) is 0 Å². The third-order valence-corrected chi connectivity index (χ3v) is 2.68. The molecule has 76 valence electrons. The summed E-state index contributed by atoms with van der Waals surface area (Å²) in [5.74, 6) is 0.758. The summed E-state index contributed by atoms with van der Waals surface area (Å²) in [7, 11) is 2.14. The Morgan fingerprint density at radius 2 is 2.21 bits per heavy atom. The molecule has 0 atom stereocenters. The molecular formula is C10H16N4. The first kappa shape index (κ1) is 9.55. The fourth-order valence-corrected chi connectivity index (χ4v) is 1.73. The summed E-state index contributed by atoms with van der Waals surface area (Å²) in [5.41, 5.74) is 7.98. The van der Waals surface area contributed by atoms with Crippen molar-refractivity contribution in [3.8, 4) is 0 Å². The Labute approximate surface area is 84.2 Å². The van der Waals surface area contributed by atoms with Gasteiger partial charge in [-0.1, -0.05) is 0 Å². The number of fused-ring (bicyclic) bond motifs is 1. The smallest absolute Gasteiger partial charge is 0.142 e. The van der Waals surface area contributed by atoms with Crippen LogP contribution in [0.4, 0.5) is 0 Å². The molecule has 1 aliphatic heterocycles. The SMILES string of the molecule is CN1CCc2cnc(CN)nc2CC1. The molecule has 0 aliphatic carbocycles. The molecule has 0 fully saturated rings. The molecule has 0 unspecified atom stereocenters. The summed E-state index contributed by atoms with van der Waals surface area (Å²) in [6, 6.07) is 0. The van der Waals surface area contributed by atoms with Crippen molar-refractivity contribution >= 4 is 0 Å². The van der Waals surface area contributed by atoms with E-state index in [9.17, 15) is 0 Å². The second-order valence-electron chi connectivity index (χ2n) is 3.77. The van der Waals surface area contributed by atoms with E-state index in [0.29, 0.717) is 6.54 Å². The molecular weight excluding hydrogens is 176 g/mol. The van der Waals surface area contributed by atoms with Crippen LogP contribution in [0.5, 0.6) is 0 Å². The number of hydrogen-bond donors (Lipinski definition) is 1. The minimum atomic E-state index is 0.434. The van der Waals surface area contributed by atoms with Crippen LogP contribution in [0, 0.1) is 0 Å². The molecule has 1 aromatic rings. The number of rotatable bonds is 1. The first-order valence-electron chi connectivity index (χ1n) is 5.02. The van der Waals surface area contributed by atoms with E-state index in [1.165, 1.54) is 11.3 Å². The van der Waals surface area contributed by atoms with Gasteiger partial charge in [-0.05, 0) is 19.0 Å². The molecule has 4 nitrogen and oxygen atoms in total. The Morgan fingerprint density at radius 3 is 3.00 bits per heavy atom. The first-order valence-corrected chi connectivity index (χ1v) is 5.02. The average molecular weight is 192 g/mol. The molecule has 2 N–H and O–H groups in total. The summed E-state index contributed by atoms with van der Waals surface area (Å²) in [6.45, 7) is 2.61. The number of nitrogens with two attached hydrogens (primary N) is 1. The molecule has 0 amide bonds. The lowest BCUT2D eigenvalue weighted by atomic mass is 10.1. The average Bonchev–Trinajstić information content (AvgIpc) is 2.40. The Hall–Kier alpha value is -1.00. The van der Waals surface area contributed by atoms with Crippen LogP contribution in [0.3, 0.4) is 0 Å². The van der Waals surface area contributed by atoms with Crippen LogP contribution in [0.15, 0.2) is 6.20 Å². The lowest BCUT2D eigenvalue weighted by molar-refractivity contribution is 0.352. The molecule has 0 spiro atoms. The third-order valence-electron chi connectivity index (χ3n) is 2.68. The minimum Gasteiger partial charge on any atom is -0.324 e. The van der Waals surface area contributed by atoms with E-state index in [-0.39, 0.29) is 0 Å². The van der Waals surface area contributed by atoms with Gasteiger partial charge in [-0.15, -0.1) is 0 Å². The van der Waals surface area contributed by atoms with Gasteiger partial charge in [-0.2, -0.15) is 0 Å². The van der Waals surface area contributed by atoms with Crippen molar-refractivity contribution in [2.45, 2.75) is 19.4 Å². The van der Waals surface area contributed by atoms with Gasteiger partial charge >= 0.3 is 0 Å². The Kier molecular flexibility index (Phi) is 2.74. The van der Waals surface area contributed by atoms with Gasteiger partial charge in [0.25, 0.3) is 0 Å². The third kappa shape index (κ3) is 1.91. The Morgan fingerprint density at radius 1 is 1.43 bits per heavy atom. The van der Waals surface area contributed by atoms with Gasteiger partial charge in [-0.3, -0.25) is 0 Å². The Bertz CT molecular complexity index is 324. The molecule has 0 bridgehead atoms. The monoisotopic (exact) mass is 192 g/mol.